The van der Waals surface area contributed by atoms with Gasteiger partial charge in [-0.25, -0.2) is 9.97 Å². The maximum atomic E-state index is 5.37. The first-order valence-corrected chi connectivity index (χ1v) is 38.2. The van der Waals surface area contributed by atoms with Crippen molar-refractivity contribution in [2.75, 3.05) is 19.6 Å². The van der Waals surface area contributed by atoms with Crippen molar-refractivity contribution in [3.8, 4) is 0 Å². The molecule has 4 aliphatic rings. The van der Waals surface area contributed by atoms with Gasteiger partial charge in [-0.05, 0) is 135 Å². The van der Waals surface area contributed by atoms with Crippen LogP contribution in [-0.2, 0) is 32.5 Å². The molecule has 0 bridgehead atoms. The van der Waals surface area contributed by atoms with Gasteiger partial charge in [0.05, 0.1) is 60.0 Å². The molecule has 109 heavy (non-hydrogen) atoms. The summed E-state index contributed by atoms with van der Waals surface area (Å²) >= 11 is 1.61. The molecule has 0 unspecified atom stereocenters. The monoisotopic (exact) mass is 1510 g/mol. The summed E-state index contributed by atoms with van der Waals surface area (Å²) in [5.41, 5.74) is 17.9. The molecule has 0 fully saturated rings. The summed E-state index contributed by atoms with van der Waals surface area (Å²) in [6.45, 7) is 102. The Hall–Kier alpha value is -9.02. The zero-order valence-corrected chi connectivity index (χ0v) is 74.0. The van der Waals surface area contributed by atoms with Gasteiger partial charge in [-0.15, -0.1) is 0 Å². The van der Waals surface area contributed by atoms with E-state index in [9.17, 15) is 0 Å². The van der Waals surface area contributed by atoms with Crippen LogP contribution in [-0.4, -0.2) is 77.3 Å². The third-order valence-corrected chi connectivity index (χ3v) is 17.6. The topological polar surface area (TPSA) is 195 Å². The van der Waals surface area contributed by atoms with Crippen LogP contribution in [0.2, 0.25) is 0 Å². The van der Waals surface area contributed by atoms with E-state index in [1.165, 1.54) is 27.3 Å². The van der Waals surface area contributed by atoms with Crippen LogP contribution >= 0.6 is 11.5 Å². The normalized spacial score (nSPS) is 14.1. The van der Waals surface area contributed by atoms with Crippen molar-refractivity contribution in [2.45, 2.75) is 254 Å². The largest absolute Gasteiger partial charge is 0.445 e. The fraction of sp³-hybridized carbons (Fsp3) is 0.484. The summed E-state index contributed by atoms with van der Waals surface area (Å²) in [7, 11) is 0. The van der Waals surface area contributed by atoms with Crippen LogP contribution in [0, 0.1) is 28.6 Å². The minimum atomic E-state index is 0.0360. The predicted octanol–water partition coefficient (Wildman–Crippen LogP) is 26.3. The van der Waals surface area contributed by atoms with E-state index >= 15 is 0 Å². The number of aliphatic imine (C=N–C) groups is 4. The molecule has 0 saturated carbocycles. The van der Waals surface area contributed by atoms with E-state index in [1.807, 2.05) is 37.3 Å². The van der Waals surface area contributed by atoms with Gasteiger partial charge in [-0.1, -0.05) is 295 Å². The van der Waals surface area contributed by atoms with Gasteiger partial charge in [0.1, 0.15) is 35.4 Å². The highest BCUT2D eigenvalue weighted by Crippen LogP contribution is 2.34. The lowest BCUT2D eigenvalue weighted by Gasteiger charge is -2.20. The molecule has 1 N–H and O–H groups in total. The first-order valence-electron chi connectivity index (χ1n) is 37.4. The first-order chi connectivity index (χ1) is 49.9. The Morgan fingerprint density at radius 2 is 1.02 bits per heavy atom. The van der Waals surface area contributed by atoms with Crippen LogP contribution in [0.5, 0.6) is 0 Å². The lowest BCUT2D eigenvalue weighted by molar-refractivity contribution is 0.328. The lowest BCUT2D eigenvalue weighted by atomic mass is 9.84. The van der Waals surface area contributed by atoms with E-state index in [1.54, 1.807) is 66.7 Å². The van der Waals surface area contributed by atoms with Crippen LogP contribution < -0.4 is 0 Å². The predicted molar refractivity (Wildman–Crippen MR) is 474 cm³/mol. The molecule has 10 rings (SSSR count). The van der Waals surface area contributed by atoms with Crippen LogP contribution in [0.25, 0.3) is 30.4 Å². The fourth-order valence-electron chi connectivity index (χ4n) is 9.34. The van der Waals surface area contributed by atoms with Crippen molar-refractivity contribution < 1.29 is 17.9 Å². The van der Waals surface area contributed by atoms with Crippen LogP contribution in [0.1, 0.15) is 282 Å². The number of aryl methyl sites for hydroxylation is 1. The van der Waals surface area contributed by atoms with Gasteiger partial charge in [0, 0.05) is 67.1 Å². The molecule has 0 spiro atoms. The summed E-state index contributed by atoms with van der Waals surface area (Å²) in [4.78, 5) is 27.0. The Kier molecular flexibility index (Phi) is 38.0. The van der Waals surface area contributed by atoms with Crippen LogP contribution in [0.4, 0.5) is 0 Å². The van der Waals surface area contributed by atoms with Gasteiger partial charge in [-0.3, -0.25) is 25.1 Å². The quantitative estimate of drug-likeness (QED) is 0.145. The molecule has 0 aromatic carbocycles. The fourth-order valence-corrected chi connectivity index (χ4v) is 10.1. The molecule has 0 aliphatic carbocycles. The van der Waals surface area contributed by atoms with Crippen molar-refractivity contribution in [3.63, 3.8) is 0 Å². The van der Waals surface area contributed by atoms with E-state index in [2.05, 4.69) is 352 Å². The summed E-state index contributed by atoms with van der Waals surface area (Å²) in [6.07, 6.45) is 30.4. The number of hydrogen-bond donors (Lipinski definition) is 1. The van der Waals surface area contributed by atoms with E-state index in [4.69, 9.17) is 17.9 Å². The smallest absolute Gasteiger partial charge is 0.218 e. The SMILES string of the molecule is C=CC1=NC(C(C)(C)C)=CC1.C=CC1=NCC(C(C)(C)C)=C1.C=CC1=NCC=C1C(C)(C)C.C=CC1=NCC=C1C(C)(C)C.C=Cc1cc(C(C)(C)C)[nH]n1.C=Cc1cc(C(C)(C)C)on1.C=Cc1nc(C(C)(C)C)co1.C=Cc1ncc(C(C)(C)C)o1.C=Cc1nocc1C(C)(C)C.Cc1cc(C(C)(C)C)sn1. The number of aromatic amines is 1. The van der Waals surface area contributed by atoms with E-state index < -0.39 is 0 Å². The molecule has 6 aromatic rings. The Bertz CT molecular complexity index is 3920. The second-order valence-electron chi connectivity index (χ2n) is 36.7. The van der Waals surface area contributed by atoms with Crippen molar-refractivity contribution in [1.82, 2.24) is 34.9 Å². The summed E-state index contributed by atoms with van der Waals surface area (Å²) in [5.74, 6) is 2.98. The average Bonchev–Trinajstić information content (AvgIpc) is 1.75. The minimum Gasteiger partial charge on any atom is -0.445 e. The molecular weight excluding hydrogens is 1370 g/mol. The number of hydrogen-bond acceptors (Lipinski definition) is 15. The van der Waals surface area contributed by atoms with Gasteiger partial charge in [-0.2, -0.15) is 9.47 Å². The molecule has 0 atom stereocenters. The van der Waals surface area contributed by atoms with Gasteiger partial charge < -0.3 is 17.9 Å². The maximum absolute atomic E-state index is 5.37. The lowest BCUT2D eigenvalue weighted by Crippen LogP contribution is -2.14. The minimum absolute atomic E-state index is 0.0360. The Balaban J connectivity index is 0.000000606. The number of nitrogens with zero attached hydrogens (tertiary/aromatic N) is 10. The first kappa shape index (κ1) is 98.0. The van der Waals surface area contributed by atoms with Crippen molar-refractivity contribution in [2.24, 2.45) is 41.6 Å². The van der Waals surface area contributed by atoms with Crippen molar-refractivity contribution in [3.05, 3.63) is 235 Å². The molecule has 0 amide bonds. The zero-order chi connectivity index (χ0) is 84.1. The molecular formula is C93H139N11O4S. The van der Waals surface area contributed by atoms with Gasteiger partial charge in [0.25, 0.3) is 0 Å². The second-order valence-corrected chi connectivity index (χ2v) is 37.5. The van der Waals surface area contributed by atoms with Crippen LogP contribution in [0.15, 0.2) is 205 Å². The van der Waals surface area contributed by atoms with Crippen molar-refractivity contribution >= 4 is 64.8 Å². The number of allylic oxidation sites excluding steroid dienone is 9. The van der Waals surface area contributed by atoms with E-state index in [0.717, 1.165) is 100 Å². The number of aromatic nitrogens is 7. The molecule has 596 valence electrons. The van der Waals surface area contributed by atoms with E-state index in [0.29, 0.717) is 11.8 Å². The third-order valence-electron chi connectivity index (χ3n) is 16.3. The molecule has 0 radical (unpaired) electrons. The second kappa shape index (κ2) is 42.2. The number of nitrogens with one attached hydrogen (secondary N) is 1. The highest BCUT2D eigenvalue weighted by Gasteiger charge is 2.27. The molecule has 6 aromatic heterocycles. The molecule has 15 nitrogen and oxygen atoms in total. The molecule has 10 heterocycles. The molecule has 4 aliphatic heterocycles. The summed E-state index contributed by atoms with van der Waals surface area (Å²) in [6, 6.07) is 6.09. The van der Waals surface area contributed by atoms with Crippen LogP contribution in [0.3, 0.4) is 0 Å². The van der Waals surface area contributed by atoms with Crippen molar-refractivity contribution in [1.29, 1.82) is 0 Å². The molecule has 16 heteroatoms. The van der Waals surface area contributed by atoms with Gasteiger partial charge in [0.15, 0.2) is 0 Å². The summed E-state index contributed by atoms with van der Waals surface area (Å²) < 4.78 is 24.6. The molecule has 0 saturated heterocycles. The number of rotatable bonds is 9. The zero-order valence-electron chi connectivity index (χ0n) is 73.2. The number of oxazole rings is 2. The third kappa shape index (κ3) is 35.5. The Morgan fingerprint density at radius 1 is 0.477 bits per heavy atom. The van der Waals surface area contributed by atoms with E-state index in [-0.39, 0.29) is 54.1 Å². The Labute approximate surface area is 663 Å². The highest BCUT2D eigenvalue weighted by molar-refractivity contribution is 7.06. The van der Waals surface area contributed by atoms with Gasteiger partial charge in [0.2, 0.25) is 11.8 Å². The standard InChI is InChI=1S/4C10H15N.C9H14N2.4C9H13NO.C8H13NS/c1-5-9-6-8(7-11-9)10(2,3)4;2*1-5-9-8(6-7-11-9)10(2,3)4;1-5-8-6-7-9(11-8)10(2,3)4;1-5-7-6-8(11-10-7)9(2,3)4;1-5-8-10-7(6-11-8)9(2,3)4;1-5-8-10-6-7(11-8)9(2,3)4;1-5-8-7(6-11-10-8)9(2,3)4;1-5-7-6-8(11-10-7)9(2,3)4;1-6-5-7(10-9-6)8(2,3)4/h3*5-6H,1,7H2,2-4H3;5,7H,1,6H2,2-4H3;5-6H,1H2,2-4H3,(H,10,11);4*5-6H,1H2,2-4H3;5H,1-4H3. The maximum Gasteiger partial charge on any atom is 0.218 e. The van der Waals surface area contributed by atoms with Gasteiger partial charge >= 0.3 is 0 Å². The average molecular weight is 1510 g/mol. The summed E-state index contributed by atoms with van der Waals surface area (Å²) in [5, 5.41) is 14.6. The highest BCUT2D eigenvalue weighted by atomic mass is 32.1. The Morgan fingerprint density at radius 3 is 1.28 bits per heavy atom. The number of H-pyrrole nitrogens is 1.